The predicted molar refractivity (Wildman–Crippen MR) is 113 cm³/mol. The van der Waals surface area contributed by atoms with Crippen LogP contribution in [-0.4, -0.2) is 33.7 Å². The molecule has 1 aliphatic heterocycles. The number of hydrogen-bond donors (Lipinski definition) is 2. The molecule has 30 heavy (non-hydrogen) atoms. The minimum absolute atomic E-state index is 0.0362. The van der Waals surface area contributed by atoms with Gasteiger partial charge in [0.05, 0.1) is 24.4 Å². The molecule has 2 heterocycles. The van der Waals surface area contributed by atoms with E-state index in [1.54, 1.807) is 4.68 Å². The van der Waals surface area contributed by atoms with Gasteiger partial charge in [-0.25, -0.2) is 4.68 Å². The van der Waals surface area contributed by atoms with Gasteiger partial charge >= 0.3 is 0 Å². The fraction of sp³-hybridized carbons (Fsp3) is 0.261. The van der Waals surface area contributed by atoms with Crippen LogP contribution in [0.4, 0.5) is 5.82 Å². The monoisotopic (exact) mass is 405 g/mol. The number of fused-ring (bicyclic) bond motifs is 1. The fourth-order valence-electron chi connectivity index (χ4n) is 3.85. The zero-order valence-corrected chi connectivity index (χ0v) is 17.3. The standard InChI is InChI=1S/C23H23N3O4/c1-12-5-7-16(9-13(12)2)26-23-21(14(3)25-26)17(11-20(28)24-23)22(29)15-6-8-18(27)19(10-15)30-4/h5-10,17,27H,11H2,1-4H3,(H,24,28)/t17-/m0/s1. The number of carbonyl (C=O) groups is 2. The van der Waals surface area contributed by atoms with Gasteiger partial charge in [-0.3, -0.25) is 9.59 Å². The third kappa shape index (κ3) is 3.22. The van der Waals surface area contributed by atoms with E-state index in [1.807, 2.05) is 39.0 Å². The second-order valence-corrected chi connectivity index (χ2v) is 7.58. The van der Waals surface area contributed by atoms with E-state index in [-0.39, 0.29) is 29.6 Å². The third-order valence-corrected chi connectivity index (χ3v) is 5.62. The molecule has 0 fully saturated rings. The number of aryl methyl sites for hydroxylation is 3. The Kier molecular flexibility index (Phi) is 4.81. The number of carbonyl (C=O) groups excluding carboxylic acids is 2. The first-order valence-electron chi connectivity index (χ1n) is 9.68. The summed E-state index contributed by atoms with van der Waals surface area (Å²) in [4.78, 5) is 25.8. The average molecular weight is 405 g/mol. The predicted octanol–water partition coefficient (Wildman–Crippen LogP) is 3.82. The van der Waals surface area contributed by atoms with Gasteiger partial charge in [0.2, 0.25) is 5.91 Å². The van der Waals surface area contributed by atoms with E-state index in [9.17, 15) is 14.7 Å². The summed E-state index contributed by atoms with van der Waals surface area (Å²) in [5, 5.41) is 17.3. The Morgan fingerprint density at radius 2 is 1.93 bits per heavy atom. The molecule has 2 N–H and O–H groups in total. The minimum atomic E-state index is -0.664. The molecule has 7 nitrogen and oxygen atoms in total. The van der Waals surface area contributed by atoms with Crippen LogP contribution in [0.5, 0.6) is 11.5 Å². The van der Waals surface area contributed by atoms with Crippen LogP contribution < -0.4 is 10.1 Å². The van der Waals surface area contributed by atoms with Gasteiger partial charge in [0.25, 0.3) is 0 Å². The summed E-state index contributed by atoms with van der Waals surface area (Å²) in [6.45, 7) is 5.89. The smallest absolute Gasteiger partial charge is 0.226 e. The van der Waals surface area contributed by atoms with E-state index in [4.69, 9.17) is 4.74 Å². The quantitative estimate of drug-likeness (QED) is 0.644. The summed E-state index contributed by atoms with van der Waals surface area (Å²) in [6, 6.07) is 10.4. The number of benzene rings is 2. The number of nitrogens with one attached hydrogen (secondary N) is 1. The summed E-state index contributed by atoms with van der Waals surface area (Å²) < 4.78 is 6.81. The van der Waals surface area contributed by atoms with Gasteiger partial charge in [-0.15, -0.1) is 0 Å². The van der Waals surface area contributed by atoms with E-state index in [2.05, 4.69) is 10.4 Å². The van der Waals surface area contributed by atoms with E-state index >= 15 is 0 Å². The molecule has 0 unspecified atom stereocenters. The molecule has 0 saturated heterocycles. The van der Waals surface area contributed by atoms with Crippen LogP contribution in [0.3, 0.4) is 0 Å². The highest BCUT2D eigenvalue weighted by Crippen LogP contribution is 2.39. The number of rotatable bonds is 4. The van der Waals surface area contributed by atoms with Gasteiger partial charge in [0.15, 0.2) is 17.3 Å². The number of nitrogens with zero attached hydrogens (tertiary/aromatic N) is 2. The lowest BCUT2D eigenvalue weighted by Gasteiger charge is -2.23. The van der Waals surface area contributed by atoms with E-state index in [1.165, 1.54) is 25.3 Å². The lowest BCUT2D eigenvalue weighted by molar-refractivity contribution is -0.116. The van der Waals surface area contributed by atoms with Crippen LogP contribution in [0.1, 0.15) is 45.1 Å². The Balaban J connectivity index is 1.81. The van der Waals surface area contributed by atoms with Gasteiger partial charge in [-0.2, -0.15) is 5.10 Å². The molecule has 2 aromatic carbocycles. The molecular formula is C23H23N3O4. The van der Waals surface area contributed by atoms with Crippen molar-refractivity contribution in [1.82, 2.24) is 9.78 Å². The van der Waals surface area contributed by atoms with Crippen molar-refractivity contribution < 1.29 is 19.4 Å². The Morgan fingerprint density at radius 3 is 2.63 bits per heavy atom. The van der Waals surface area contributed by atoms with Gasteiger partial charge in [0.1, 0.15) is 5.82 Å². The van der Waals surface area contributed by atoms with Crippen LogP contribution in [0.15, 0.2) is 36.4 Å². The first-order valence-corrected chi connectivity index (χ1v) is 9.68. The molecule has 1 amide bonds. The van der Waals surface area contributed by atoms with Crippen LogP contribution in [0.2, 0.25) is 0 Å². The number of amides is 1. The van der Waals surface area contributed by atoms with E-state index in [0.717, 1.165) is 16.8 Å². The normalized spacial score (nSPS) is 15.5. The third-order valence-electron chi connectivity index (χ3n) is 5.62. The van der Waals surface area contributed by atoms with Crippen molar-refractivity contribution in [3.8, 4) is 17.2 Å². The van der Waals surface area contributed by atoms with Crippen LogP contribution in [-0.2, 0) is 4.79 Å². The molecule has 7 heteroatoms. The summed E-state index contributed by atoms with van der Waals surface area (Å²) in [7, 11) is 1.42. The summed E-state index contributed by atoms with van der Waals surface area (Å²) in [5.41, 5.74) is 4.86. The van der Waals surface area contributed by atoms with Gasteiger partial charge in [-0.05, 0) is 62.2 Å². The molecule has 1 aliphatic rings. The lowest BCUT2D eigenvalue weighted by Crippen LogP contribution is -2.28. The highest BCUT2D eigenvalue weighted by molar-refractivity contribution is 6.08. The van der Waals surface area contributed by atoms with Gasteiger partial charge in [-0.1, -0.05) is 6.07 Å². The van der Waals surface area contributed by atoms with Crippen molar-refractivity contribution in [1.29, 1.82) is 0 Å². The van der Waals surface area contributed by atoms with Crippen molar-refractivity contribution in [2.24, 2.45) is 0 Å². The Hall–Kier alpha value is -3.61. The first kappa shape index (κ1) is 19.7. The number of Topliss-reactive ketones (excluding diaryl/α,β-unsaturated/α-hetero) is 1. The Labute approximate surface area is 174 Å². The molecule has 0 radical (unpaired) electrons. The van der Waals surface area contributed by atoms with Crippen molar-refractivity contribution in [3.63, 3.8) is 0 Å². The number of phenols is 1. The highest BCUT2D eigenvalue weighted by Gasteiger charge is 2.36. The molecule has 154 valence electrons. The second kappa shape index (κ2) is 7.33. The van der Waals surface area contributed by atoms with Crippen LogP contribution in [0.25, 0.3) is 5.69 Å². The molecular weight excluding hydrogens is 382 g/mol. The number of aromatic hydroxyl groups is 1. The summed E-state index contributed by atoms with van der Waals surface area (Å²) in [6.07, 6.45) is 0.0362. The molecule has 1 aromatic heterocycles. The maximum Gasteiger partial charge on any atom is 0.226 e. The van der Waals surface area contributed by atoms with Gasteiger partial charge < -0.3 is 15.2 Å². The van der Waals surface area contributed by atoms with Crippen LogP contribution >= 0.6 is 0 Å². The number of ether oxygens (including phenoxy) is 1. The van der Waals surface area contributed by atoms with Crippen molar-refractivity contribution in [2.45, 2.75) is 33.1 Å². The molecule has 3 aromatic rings. The molecule has 0 saturated carbocycles. The van der Waals surface area contributed by atoms with Crippen molar-refractivity contribution >= 4 is 17.5 Å². The highest BCUT2D eigenvalue weighted by atomic mass is 16.5. The number of aromatic nitrogens is 2. The van der Waals surface area contributed by atoms with Gasteiger partial charge in [0, 0.05) is 17.5 Å². The first-order chi connectivity index (χ1) is 14.3. The lowest BCUT2D eigenvalue weighted by atomic mass is 9.85. The number of ketones is 1. The molecule has 0 spiro atoms. The Morgan fingerprint density at radius 1 is 1.17 bits per heavy atom. The molecule has 1 atom stereocenters. The summed E-state index contributed by atoms with van der Waals surface area (Å²) in [5.74, 6) is -0.429. The van der Waals surface area contributed by atoms with E-state index in [0.29, 0.717) is 22.6 Å². The number of hydrogen-bond acceptors (Lipinski definition) is 5. The molecule has 0 aliphatic carbocycles. The SMILES string of the molecule is COc1cc(C(=O)[C@H]2CC(=O)Nc3c2c(C)nn3-c2ccc(C)c(C)c2)ccc1O. The zero-order valence-electron chi connectivity index (χ0n) is 17.3. The molecule has 4 rings (SSSR count). The summed E-state index contributed by atoms with van der Waals surface area (Å²) >= 11 is 0. The van der Waals surface area contributed by atoms with Crippen molar-refractivity contribution in [2.75, 3.05) is 12.4 Å². The number of phenolic OH excluding ortho intramolecular Hbond substituents is 1. The van der Waals surface area contributed by atoms with Crippen molar-refractivity contribution in [3.05, 3.63) is 64.3 Å². The van der Waals surface area contributed by atoms with Crippen LogP contribution in [0, 0.1) is 20.8 Å². The molecule has 0 bridgehead atoms. The number of anilines is 1. The maximum absolute atomic E-state index is 13.3. The number of methoxy groups -OCH3 is 1. The fourth-order valence-corrected chi connectivity index (χ4v) is 3.85. The Bertz CT molecular complexity index is 1180. The topological polar surface area (TPSA) is 93.5 Å². The van der Waals surface area contributed by atoms with E-state index < -0.39 is 5.92 Å². The second-order valence-electron chi connectivity index (χ2n) is 7.58. The zero-order chi connectivity index (χ0) is 21.6. The minimum Gasteiger partial charge on any atom is -0.504 e. The maximum atomic E-state index is 13.3. The largest absolute Gasteiger partial charge is 0.504 e. The average Bonchev–Trinajstić information content (AvgIpc) is 3.05.